The van der Waals surface area contributed by atoms with E-state index in [4.69, 9.17) is 10.5 Å². The standard InChI is InChI=1S/C11H15N3O2/c1-7-8(5-13-6-14-7)11(3-4-11)9(12)10(15)16-2/h5-6,9H,3-4,12H2,1-2H3. The highest BCUT2D eigenvalue weighted by molar-refractivity contribution is 5.78. The molecule has 86 valence electrons. The Hall–Kier alpha value is -1.49. The monoisotopic (exact) mass is 221 g/mol. The van der Waals surface area contributed by atoms with Gasteiger partial charge in [-0.3, -0.25) is 4.79 Å². The van der Waals surface area contributed by atoms with Gasteiger partial charge < -0.3 is 10.5 Å². The lowest BCUT2D eigenvalue weighted by Crippen LogP contribution is -2.43. The number of esters is 1. The Morgan fingerprint density at radius 3 is 2.81 bits per heavy atom. The van der Waals surface area contributed by atoms with Gasteiger partial charge in [-0.1, -0.05) is 0 Å². The van der Waals surface area contributed by atoms with Gasteiger partial charge in [-0.25, -0.2) is 9.97 Å². The quantitative estimate of drug-likeness (QED) is 0.743. The average Bonchev–Trinajstić information content (AvgIpc) is 3.09. The lowest BCUT2D eigenvalue weighted by Gasteiger charge is -2.22. The van der Waals surface area contributed by atoms with Crippen molar-refractivity contribution in [2.45, 2.75) is 31.2 Å². The minimum absolute atomic E-state index is 0.307. The van der Waals surface area contributed by atoms with Crippen LogP contribution in [-0.4, -0.2) is 29.1 Å². The molecule has 0 aromatic carbocycles. The van der Waals surface area contributed by atoms with Crippen LogP contribution in [0, 0.1) is 6.92 Å². The maximum Gasteiger partial charge on any atom is 0.323 e. The number of nitrogens with zero attached hydrogens (tertiary/aromatic N) is 2. The van der Waals surface area contributed by atoms with Crippen LogP contribution in [-0.2, 0) is 14.9 Å². The molecule has 0 aliphatic heterocycles. The first-order valence-electron chi connectivity index (χ1n) is 5.22. The van der Waals surface area contributed by atoms with E-state index in [0.717, 1.165) is 24.1 Å². The van der Waals surface area contributed by atoms with E-state index >= 15 is 0 Å². The van der Waals surface area contributed by atoms with E-state index in [1.165, 1.54) is 13.4 Å². The molecule has 1 atom stereocenters. The molecule has 0 saturated heterocycles. The fourth-order valence-electron chi connectivity index (χ4n) is 2.11. The first kappa shape index (κ1) is 11.0. The van der Waals surface area contributed by atoms with Crippen molar-refractivity contribution < 1.29 is 9.53 Å². The summed E-state index contributed by atoms with van der Waals surface area (Å²) < 4.78 is 4.69. The summed E-state index contributed by atoms with van der Waals surface area (Å²) >= 11 is 0. The third-order valence-corrected chi connectivity index (χ3v) is 3.29. The second-order valence-corrected chi connectivity index (χ2v) is 4.18. The first-order chi connectivity index (χ1) is 7.62. The Morgan fingerprint density at radius 2 is 2.31 bits per heavy atom. The number of aryl methyl sites for hydroxylation is 1. The van der Waals surface area contributed by atoms with Gasteiger partial charge in [0.2, 0.25) is 0 Å². The third-order valence-electron chi connectivity index (χ3n) is 3.29. The fraction of sp³-hybridized carbons (Fsp3) is 0.545. The second kappa shape index (κ2) is 3.83. The summed E-state index contributed by atoms with van der Waals surface area (Å²) in [5, 5.41) is 0. The molecule has 2 N–H and O–H groups in total. The van der Waals surface area contributed by atoms with Crippen LogP contribution >= 0.6 is 0 Å². The highest BCUT2D eigenvalue weighted by Gasteiger charge is 2.53. The second-order valence-electron chi connectivity index (χ2n) is 4.18. The highest BCUT2D eigenvalue weighted by atomic mass is 16.5. The van der Waals surface area contributed by atoms with Crippen LogP contribution in [0.15, 0.2) is 12.5 Å². The maximum atomic E-state index is 11.5. The third kappa shape index (κ3) is 1.57. The van der Waals surface area contributed by atoms with Gasteiger partial charge in [0.15, 0.2) is 0 Å². The molecule has 1 heterocycles. The van der Waals surface area contributed by atoms with Crippen molar-refractivity contribution in [3.05, 3.63) is 23.8 Å². The molecule has 1 aliphatic carbocycles. The van der Waals surface area contributed by atoms with Crippen LogP contribution in [0.2, 0.25) is 0 Å². The lowest BCUT2D eigenvalue weighted by molar-refractivity contribution is -0.143. The number of methoxy groups -OCH3 is 1. The Balaban J connectivity index is 2.33. The van der Waals surface area contributed by atoms with Crippen molar-refractivity contribution in [1.29, 1.82) is 0 Å². The highest BCUT2D eigenvalue weighted by Crippen LogP contribution is 2.51. The molecule has 0 amide bonds. The van der Waals surface area contributed by atoms with Crippen LogP contribution in [0.25, 0.3) is 0 Å². The topological polar surface area (TPSA) is 78.1 Å². The summed E-state index contributed by atoms with van der Waals surface area (Å²) in [4.78, 5) is 19.6. The van der Waals surface area contributed by atoms with Gasteiger partial charge in [0.25, 0.3) is 0 Å². The van der Waals surface area contributed by atoms with Gasteiger partial charge >= 0.3 is 5.97 Å². The summed E-state index contributed by atoms with van der Waals surface area (Å²) in [6.45, 7) is 1.90. The molecule has 2 rings (SSSR count). The zero-order valence-corrected chi connectivity index (χ0v) is 9.43. The van der Waals surface area contributed by atoms with Crippen LogP contribution in [0.5, 0.6) is 0 Å². The number of carbonyl (C=O) groups is 1. The Kier molecular flexibility index (Phi) is 2.63. The van der Waals surface area contributed by atoms with E-state index in [0.29, 0.717) is 0 Å². The molecule has 5 nitrogen and oxygen atoms in total. The fourth-order valence-corrected chi connectivity index (χ4v) is 2.11. The van der Waals surface area contributed by atoms with E-state index in [1.807, 2.05) is 6.92 Å². The Labute approximate surface area is 94.0 Å². The maximum absolute atomic E-state index is 11.5. The number of hydrogen-bond donors (Lipinski definition) is 1. The summed E-state index contributed by atoms with van der Waals surface area (Å²) in [5.41, 5.74) is 7.48. The van der Waals surface area contributed by atoms with Crippen LogP contribution in [0.3, 0.4) is 0 Å². The molecule has 16 heavy (non-hydrogen) atoms. The number of hydrogen-bond acceptors (Lipinski definition) is 5. The number of nitrogens with two attached hydrogens (primary N) is 1. The molecule has 1 aliphatic rings. The molecular weight excluding hydrogens is 206 g/mol. The zero-order valence-electron chi connectivity index (χ0n) is 9.43. The van der Waals surface area contributed by atoms with E-state index in [-0.39, 0.29) is 11.4 Å². The summed E-state index contributed by atoms with van der Waals surface area (Å²) in [7, 11) is 1.35. The van der Waals surface area contributed by atoms with Crippen molar-refractivity contribution in [2.75, 3.05) is 7.11 Å². The smallest absolute Gasteiger partial charge is 0.323 e. The summed E-state index contributed by atoms with van der Waals surface area (Å²) in [5.74, 6) is -0.374. The Morgan fingerprint density at radius 1 is 1.62 bits per heavy atom. The molecule has 1 saturated carbocycles. The largest absolute Gasteiger partial charge is 0.468 e. The first-order valence-corrected chi connectivity index (χ1v) is 5.22. The average molecular weight is 221 g/mol. The number of ether oxygens (including phenoxy) is 1. The SMILES string of the molecule is COC(=O)C(N)C1(c2cncnc2C)CC1. The van der Waals surface area contributed by atoms with Crippen molar-refractivity contribution in [2.24, 2.45) is 5.73 Å². The van der Waals surface area contributed by atoms with Gasteiger partial charge in [0, 0.05) is 22.9 Å². The van der Waals surface area contributed by atoms with E-state index in [2.05, 4.69) is 9.97 Å². The van der Waals surface area contributed by atoms with Crippen LogP contribution < -0.4 is 5.73 Å². The van der Waals surface area contributed by atoms with Crippen molar-refractivity contribution in [1.82, 2.24) is 9.97 Å². The normalized spacial score (nSPS) is 18.9. The zero-order chi connectivity index (χ0) is 11.8. The van der Waals surface area contributed by atoms with E-state index < -0.39 is 6.04 Å². The van der Waals surface area contributed by atoms with E-state index in [9.17, 15) is 4.79 Å². The molecular formula is C11H15N3O2. The van der Waals surface area contributed by atoms with Crippen molar-refractivity contribution in [3.8, 4) is 0 Å². The number of rotatable bonds is 3. The molecule has 1 aromatic rings. The van der Waals surface area contributed by atoms with Gasteiger partial charge in [-0.2, -0.15) is 0 Å². The summed E-state index contributed by atoms with van der Waals surface area (Å²) in [6.07, 6.45) is 5.02. The minimum atomic E-state index is -0.623. The van der Waals surface area contributed by atoms with Gasteiger partial charge in [0.05, 0.1) is 7.11 Å². The number of aromatic nitrogens is 2. The predicted octanol–water partition coefficient (Wildman–Crippen LogP) is 0.317. The van der Waals surface area contributed by atoms with Gasteiger partial charge in [-0.15, -0.1) is 0 Å². The molecule has 1 aromatic heterocycles. The predicted molar refractivity (Wildman–Crippen MR) is 57.7 cm³/mol. The lowest BCUT2D eigenvalue weighted by atomic mass is 9.88. The molecule has 0 spiro atoms. The molecule has 0 radical (unpaired) electrons. The number of carbonyl (C=O) groups excluding carboxylic acids is 1. The van der Waals surface area contributed by atoms with Crippen molar-refractivity contribution >= 4 is 5.97 Å². The van der Waals surface area contributed by atoms with Crippen LogP contribution in [0.1, 0.15) is 24.1 Å². The molecule has 0 bridgehead atoms. The van der Waals surface area contributed by atoms with Gasteiger partial charge in [0.1, 0.15) is 12.4 Å². The molecule has 5 heteroatoms. The Bertz CT molecular complexity index is 415. The van der Waals surface area contributed by atoms with Gasteiger partial charge in [-0.05, 0) is 19.8 Å². The van der Waals surface area contributed by atoms with Crippen LogP contribution in [0.4, 0.5) is 0 Å². The summed E-state index contributed by atoms with van der Waals surface area (Å²) in [6, 6.07) is -0.623. The molecule has 1 fully saturated rings. The van der Waals surface area contributed by atoms with E-state index in [1.54, 1.807) is 6.20 Å². The van der Waals surface area contributed by atoms with Crippen molar-refractivity contribution in [3.63, 3.8) is 0 Å². The molecule has 1 unspecified atom stereocenters. The minimum Gasteiger partial charge on any atom is -0.468 e.